The van der Waals surface area contributed by atoms with Gasteiger partial charge in [-0.05, 0) is 87.3 Å². The Kier molecular flexibility index (Phi) is 12.8. The molecule has 0 radical (unpaired) electrons. The lowest BCUT2D eigenvalue weighted by atomic mass is 9.67. The van der Waals surface area contributed by atoms with Crippen molar-refractivity contribution in [3.8, 4) is 0 Å². The molecule has 0 saturated heterocycles. The van der Waals surface area contributed by atoms with Gasteiger partial charge in [-0.2, -0.15) is 5.21 Å². The molecule has 6 N–H and O–H groups in total. The average Bonchev–Trinajstić information content (AvgIpc) is 3.55. The number of aryl methyl sites for hydroxylation is 2. The highest BCUT2D eigenvalue weighted by Crippen LogP contribution is 2.44. The molecule has 1 heterocycles. The summed E-state index contributed by atoms with van der Waals surface area (Å²) >= 11 is 0. The smallest absolute Gasteiger partial charge is 0.251 e. The normalized spacial score (nSPS) is 18.6. The minimum absolute atomic E-state index is 0.0804. The van der Waals surface area contributed by atoms with Gasteiger partial charge in [-0.15, -0.1) is 10.2 Å². The molecule has 8 nitrogen and oxygen atoms in total. The third-order valence-corrected chi connectivity index (χ3v) is 7.86. The highest BCUT2D eigenvalue weighted by Gasteiger charge is 2.42. The highest BCUT2D eigenvalue weighted by atomic mass is 16.1. The van der Waals surface area contributed by atoms with Gasteiger partial charge in [0.05, 0.1) is 5.41 Å². The summed E-state index contributed by atoms with van der Waals surface area (Å²) in [4.78, 5) is 12.8. The van der Waals surface area contributed by atoms with Gasteiger partial charge < -0.3 is 16.8 Å². The van der Waals surface area contributed by atoms with Crippen molar-refractivity contribution in [2.24, 2.45) is 11.5 Å². The van der Waals surface area contributed by atoms with Crippen LogP contribution in [0.3, 0.4) is 0 Å². The first-order valence-corrected chi connectivity index (χ1v) is 15.7. The van der Waals surface area contributed by atoms with E-state index in [9.17, 15) is 4.79 Å². The van der Waals surface area contributed by atoms with E-state index in [1.54, 1.807) is 0 Å². The van der Waals surface area contributed by atoms with Crippen LogP contribution in [0.1, 0.15) is 91.8 Å². The SMILES string of the molecule is C=C(N)CC(/C=C\C1=C\CCc2cc(C(=O)NCC)ccc2C(C[C@H](N)Cc2ccc(C)cc2)(c2nn[nH]n2)C1)=C/C.CC. The molecule has 3 aromatic rings. The van der Waals surface area contributed by atoms with Crippen LogP contribution in [0.15, 0.2) is 90.2 Å². The summed E-state index contributed by atoms with van der Waals surface area (Å²) in [5.74, 6) is 0.514. The number of hydrogen-bond acceptors (Lipinski definition) is 6. The topological polar surface area (TPSA) is 136 Å². The molecule has 1 aromatic heterocycles. The second kappa shape index (κ2) is 16.5. The average molecular weight is 596 g/mol. The van der Waals surface area contributed by atoms with E-state index in [1.165, 1.54) is 11.1 Å². The molecule has 44 heavy (non-hydrogen) atoms. The number of rotatable bonds is 11. The van der Waals surface area contributed by atoms with Crippen molar-refractivity contribution in [2.45, 2.75) is 84.6 Å². The third kappa shape index (κ3) is 8.86. The van der Waals surface area contributed by atoms with Crippen molar-refractivity contribution in [1.82, 2.24) is 25.9 Å². The summed E-state index contributed by atoms with van der Waals surface area (Å²) in [6.07, 6.45) is 12.7. The molecule has 0 spiro atoms. The van der Waals surface area contributed by atoms with Crippen LogP contribution in [0.2, 0.25) is 0 Å². The number of aromatic nitrogens is 4. The van der Waals surface area contributed by atoms with E-state index in [0.717, 1.165) is 35.1 Å². The maximum atomic E-state index is 12.8. The van der Waals surface area contributed by atoms with E-state index in [0.29, 0.717) is 49.3 Å². The summed E-state index contributed by atoms with van der Waals surface area (Å²) < 4.78 is 0. The Balaban J connectivity index is 0.00000259. The predicted molar refractivity (Wildman–Crippen MR) is 180 cm³/mol. The Labute approximate surface area is 262 Å². The zero-order valence-corrected chi connectivity index (χ0v) is 27.0. The monoisotopic (exact) mass is 595 g/mol. The number of hydrogen-bond donors (Lipinski definition) is 4. The van der Waals surface area contributed by atoms with Crippen molar-refractivity contribution in [3.05, 3.63) is 124 Å². The fourth-order valence-corrected chi connectivity index (χ4v) is 5.84. The largest absolute Gasteiger partial charge is 0.402 e. The van der Waals surface area contributed by atoms with Crippen molar-refractivity contribution < 1.29 is 4.79 Å². The summed E-state index contributed by atoms with van der Waals surface area (Å²) in [6, 6.07) is 14.3. The van der Waals surface area contributed by atoms with Gasteiger partial charge in [-0.25, -0.2) is 0 Å². The van der Waals surface area contributed by atoms with Crippen molar-refractivity contribution in [3.63, 3.8) is 0 Å². The second-order valence-corrected chi connectivity index (χ2v) is 11.2. The van der Waals surface area contributed by atoms with Crippen LogP contribution in [-0.4, -0.2) is 39.1 Å². The first kappa shape index (κ1) is 34.2. The lowest BCUT2D eigenvalue weighted by Gasteiger charge is -2.37. The van der Waals surface area contributed by atoms with Crippen LogP contribution < -0.4 is 16.8 Å². The molecule has 1 aliphatic carbocycles. The summed E-state index contributed by atoms with van der Waals surface area (Å²) in [7, 11) is 0. The first-order chi connectivity index (χ1) is 21.2. The molecular weight excluding hydrogens is 546 g/mol. The molecule has 1 unspecified atom stereocenters. The third-order valence-electron chi connectivity index (χ3n) is 7.86. The zero-order chi connectivity index (χ0) is 32.1. The number of carbonyl (C=O) groups excluding carboxylic acids is 1. The van der Waals surface area contributed by atoms with Gasteiger partial charge in [0.15, 0.2) is 5.82 Å². The number of amides is 1. The standard InChI is InChI=1S/C34H43N7O.C2H6/c1-5-25(18-24(4)35)14-15-27-8-7-9-28-20-29(32(42)37-6-2)16-17-31(28)34(21-27,33-38-40-41-39-33)22-30(36)19-26-12-10-23(3)11-13-26;1-2/h5,8,10-17,20,30H,4,6-7,9,18-19,21-22,35-36H2,1-3H3,(H,37,42)(H,38,39,40,41);1-2H3/b15-14-,25-5+,27-8-;/t30-,34?;/m1./s1. The zero-order valence-electron chi connectivity index (χ0n) is 27.0. The summed E-state index contributed by atoms with van der Waals surface area (Å²) in [5, 5.41) is 18.7. The molecule has 0 bridgehead atoms. The van der Waals surface area contributed by atoms with Gasteiger partial charge in [-0.1, -0.05) is 91.4 Å². The maximum absolute atomic E-state index is 12.8. The second-order valence-electron chi connectivity index (χ2n) is 11.2. The Hall–Kier alpha value is -4.30. The van der Waals surface area contributed by atoms with E-state index < -0.39 is 5.41 Å². The summed E-state index contributed by atoms with van der Waals surface area (Å²) in [6.45, 7) is 14.4. The van der Waals surface area contributed by atoms with E-state index in [2.05, 4.69) is 94.1 Å². The van der Waals surface area contributed by atoms with E-state index in [4.69, 9.17) is 11.5 Å². The molecule has 1 aliphatic rings. The number of aromatic amines is 1. The maximum Gasteiger partial charge on any atom is 0.251 e. The minimum Gasteiger partial charge on any atom is -0.402 e. The Bertz CT molecular complexity index is 1470. The first-order valence-electron chi connectivity index (χ1n) is 15.7. The Morgan fingerprint density at radius 3 is 2.59 bits per heavy atom. The molecule has 234 valence electrons. The summed E-state index contributed by atoms with van der Waals surface area (Å²) in [5.41, 5.74) is 20.3. The fraction of sp³-hybridized carbons (Fsp3) is 0.389. The van der Waals surface area contributed by atoms with Crippen molar-refractivity contribution >= 4 is 5.91 Å². The lowest BCUT2D eigenvalue weighted by molar-refractivity contribution is 0.0955. The van der Waals surface area contributed by atoms with Crippen LogP contribution in [0.4, 0.5) is 0 Å². The molecule has 4 rings (SSSR count). The molecule has 8 heteroatoms. The lowest BCUT2D eigenvalue weighted by Crippen LogP contribution is -2.40. The number of benzene rings is 2. The van der Waals surface area contributed by atoms with Gasteiger partial charge in [0.2, 0.25) is 0 Å². The quantitative estimate of drug-likeness (QED) is 0.196. The molecule has 0 fully saturated rings. The fourth-order valence-electron chi connectivity index (χ4n) is 5.84. The van der Waals surface area contributed by atoms with Gasteiger partial charge >= 0.3 is 0 Å². The van der Waals surface area contributed by atoms with Crippen LogP contribution in [0.5, 0.6) is 0 Å². The Morgan fingerprint density at radius 2 is 1.95 bits per heavy atom. The minimum atomic E-state index is -0.670. The van der Waals surface area contributed by atoms with Crippen LogP contribution >= 0.6 is 0 Å². The molecular formula is C36H49N7O. The number of nitrogens with two attached hydrogens (primary N) is 2. The number of fused-ring (bicyclic) bond motifs is 1. The molecule has 0 saturated carbocycles. The molecule has 0 aliphatic heterocycles. The molecule has 2 aromatic carbocycles. The van der Waals surface area contributed by atoms with E-state index in [-0.39, 0.29) is 11.9 Å². The number of tetrazole rings is 1. The van der Waals surface area contributed by atoms with Gasteiger partial charge in [0.25, 0.3) is 5.91 Å². The predicted octanol–water partition coefficient (Wildman–Crippen LogP) is 6.16. The highest BCUT2D eigenvalue weighted by molar-refractivity contribution is 5.94. The van der Waals surface area contributed by atoms with Crippen molar-refractivity contribution in [2.75, 3.05) is 6.54 Å². The number of nitrogens with one attached hydrogen (secondary N) is 2. The number of allylic oxidation sites excluding steroid dienone is 6. The van der Waals surface area contributed by atoms with Crippen LogP contribution in [0.25, 0.3) is 0 Å². The molecule has 2 atom stereocenters. The molecule has 1 amide bonds. The number of carbonyl (C=O) groups is 1. The van der Waals surface area contributed by atoms with E-state index in [1.807, 2.05) is 39.8 Å². The van der Waals surface area contributed by atoms with Crippen molar-refractivity contribution in [1.29, 1.82) is 0 Å². The van der Waals surface area contributed by atoms with Gasteiger partial charge in [0.1, 0.15) is 0 Å². The van der Waals surface area contributed by atoms with E-state index >= 15 is 0 Å². The van der Waals surface area contributed by atoms with Crippen LogP contribution in [-0.2, 0) is 18.3 Å². The Morgan fingerprint density at radius 1 is 1.20 bits per heavy atom. The van der Waals surface area contributed by atoms with Gasteiger partial charge in [-0.3, -0.25) is 4.79 Å². The number of H-pyrrole nitrogens is 1. The number of nitrogens with zero attached hydrogens (tertiary/aromatic N) is 3. The van der Waals surface area contributed by atoms with Gasteiger partial charge in [0, 0.05) is 30.3 Å². The van der Waals surface area contributed by atoms with Crippen LogP contribution in [0, 0.1) is 6.92 Å².